The molecule has 5 rings (SSSR count). The highest BCUT2D eigenvalue weighted by Gasteiger charge is 2.18. The fourth-order valence-corrected chi connectivity index (χ4v) is 5.09. The predicted molar refractivity (Wildman–Crippen MR) is 142 cm³/mol. The number of nitrogens with zero attached hydrogens (tertiary/aromatic N) is 1. The van der Waals surface area contributed by atoms with Gasteiger partial charge in [-0.15, -0.1) is 22.7 Å². The van der Waals surface area contributed by atoms with Crippen LogP contribution >= 0.6 is 22.7 Å². The van der Waals surface area contributed by atoms with Gasteiger partial charge in [-0.1, -0.05) is 36.4 Å². The SMILES string of the molecule is Nc1c(C(=O)Nc2ccc(C(=O)C=Cc3cccs3)cc2)sc2nc(-c3ccccc3)ccc12. The molecule has 2 aromatic carbocycles. The lowest BCUT2D eigenvalue weighted by molar-refractivity contribution is 0.102. The first-order valence-corrected chi connectivity index (χ1v) is 12.2. The lowest BCUT2D eigenvalue weighted by Gasteiger charge is -2.05. The van der Waals surface area contributed by atoms with Crippen molar-refractivity contribution in [1.29, 1.82) is 0 Å². The summed E-state index contributed by atoms with van der Waals surface area (Å²) in [6.45, 7) is 0. The van der Waals surface area contributed by atoms with Crippen LogP contribution in [0.5, 0.6) is 0 Å². The van der Waals surface area contributed by atoms with E-state index in [-0.39, 0.29) is 11.7 Å². The second kappa shape index (κ2) is 9.43. The summed E-state index contributed by atoms with van der Waals surface area (Å²) in [5.74, 6) is -0.404. The minimum atomic E-state index is -0.307. The van der Waals surface area contributed by atoms with Crippen LogP contribution in [0.2, 0.25) is 0 Å². The molecule has 5 nitrogen and oxygen atoms in total. The topological polar surface area (TPSA) is 85.1 Å². The number of nitrogens with two attached hydrogens (primary N) is 1. The number of anilines is 2. The summed E-state index contributed by atoms with van der Waals surface area (Å²) < 4.78 is 0. The van der Waals surface area contributed by atoms with Gasteiger partial charge < -0.3 is 11.1 Å². The number of hydrogen-bond acceptors (Lipinski definition) is 6. The molecule has 7 heteroatoms. The number of rotatable bonds is 6. The standard InChI is InChI=1S/C27H19N3O2S2/c28-24-21-13-14-22(17-5-2-1-3-6-17)30-27(21)34-25(24)26(32)29-19-10-8-18(9-11-19)23(31)15-12-20-7-4-16-33-20/h1-16H,28H2,(H,29,32). The number of fused-ring (bicyclic) bond motifs is 1. The molecule has 0 saturated heterocycles. The number of allylic oxidation sites excluding steroid dienone is 1. The Balaban J connectivity index is 1.32. The van der Waals surface area contributed by atoms with E-state index < -0.39 is 0 Å². The molecule has 3 N–H and O–H groups in total. The van der Waals surface area contributed by atoms with Crippen molar-refractivity contribution in [1.82, 2.24) is 4.98 Å². The van der Waals surface area contributed by atoms with E-state index in [0.29, 0.717) is 26.6 Å². The molecule has 0 aliphatic heterocycles. The predicted octanol–water partition coefficient (Wildman–Crippen LogP) is 6.76. The van der Waals surface area contributed by atoms with Crippen LogP contribution in [0, 0.1) is 0 Å². The highest BCUT2D eigenvalue weighted by molar-refractivity contribution is 7.21. The van der Waals surface area contributed by atoms with Crippen molar-refractivity contribution >= 4 is 62.0 Å². The number of carbonyl (C=O) groups is 2. The van der Waals surface area contributed by atoms with Crippen molar-refractivity contribution in [2.75, 3.05) is 11.1 Å². The maximum absolute atomic E-state index is 12.9. The molecule has 5 aromatic rings. The smallest absolute Gasteiger partial charge is 0.267 e. The number of aromatic nitrogens is 1. The maximum atomic E-state index is 12.9. The van der Waals surface area contributed by atoms with Crippen LogP contribution in [-0.4, -0.2) is 16.7 Å². The first-order valence-electron chi connectivity index (χ1n) is 10.5. The van der Waals surface area contributed by atoms with Crippen LogP contribution in [0.1, 0.15) is 24.9 Å². The van der Waals surface area contributed by atoms with Gasteiger partial charge in [-0.3, -0.25) is 9.59 Å². The molecule has 3 aromatic heterocycles. The average Bonchev–Trinajstić information content (AvgIpc) is 3.51. The van der Waals surface area contributed by atoms with Crippen molar-refractivity contribution in [3.8, 4) is 11.3 Å². The van der Waals surface area contributed by atoms with Gasteiger partial charge in [0.1, 0.15) is 9.71 Å². The lowest BCUT2D eigenvalue weighted by atomic mass is 10.1. The van der Waals surface area contributed by atoms with Gasteiger partial charge in [-0.2, -0.15) is 0 Å². The summed E-state index contributed by atoms with van der Waals surface area (Å²) in [7, 11) is 0. The van der Waals surface area contributed by atoms with Gasteiger partial charge >= 0.3 is 0 Å². The van der Waals surface area contributed by atoms with E-state index in [0.717, 1.165) is 21.5 Å². The van der Waals surface area contributed by atoms with Gasteiger partial charge in [0.05, 0.1) is 11.4 Å². The van der Waals surface area contributed by atoms with E-state index in [1.54, 1.807) is 47.8 Å². The number of thiophene rings is 2. The summed E-state index contributed by atoms with van der Waals surface area (Å²) in [6, 6.07) is 24.4. The zero-order valence-electron chi connectivity index (χ0n) is 17.9. The molecule has 0 spiro atoms. The van der Waals surface area contributed by atoms with Crippen molar-refractivity contribution in [3.05, 3.63) is 106 Å². The first kappa shape index (κ1) is 21.8. The molecule has 34 heavy (non-hydrogen) atoms. The Bertz CT molecular complexity index is 1500. The molecular weight excluding hydrogens is 462 g/mol. The van der Waals surface area contributed by atoms with Crippen LogP contribution in [0.3, 0.4) is 0 Å². The second-order valence-electron chi connectivity index (χ2n) is 7.50. The molecule has 166 valence electrons. The summed E-state index contributed by atoms with van der Waals surface area (Å²) in [6.07, 6.45) is 3.35. The number of nitrogen functional groups attached to an aromatic ring is 1. The number of benzene rings is 2. The van der Waals surface area contributed by atoms with Crippen LogP contribution in [0.15, 0.2) is 90.3 Å². The van der Waals surface area contributed by atoms with Gasteiger partial charge in [-0.05, 0) is 60.0 Å². The summed E-state index contributed by atoms with van der Waals surface area (Å²) >= 11 is 2.83. The Morgan fingerprint density at radius 1 is 0.912 bits per heavy atom. The molecule has 0 saturated carbocycles. The quantitative estimate of drug-likeness (QED) is 0.207. The van der Waals surface area contributed by atoms with Crippen LogP contribution < -0.4 is 11.1 Å². The van der Waals surface area contributed by atoms with Crippen molar-refractivity contribution in [3.63, 3.8) is 0 Å². The van der Waals surface area contributed by atoms with E-state index in [1.807, 2.05) is 60.0 Å². The minimum Gasteiger partial charge on any atom is -0.397 e. The van der Waals surface area contributed by atoms with E-state index in [2.05, 4.69) is 5.32 Å². The Morgan fingerprint density at radius 2 is 1.71 bits per heavy atom. The van der Waals surface area contributed by atoms with Crippen molar-refractivity contribution < 1.29 is 9.59 Å². The van der Waals surface area contributed by atoms with E-state index in [4.69, 9.17) is 10.7 Å². The minimum absolute atomic E-state index is 0.0969. The molecule has 0 aliphatic carbocycles. The maximum Gasteiger partial charge on any atom is 0.267 e. The fourth-order valence-electron chi connectivity index (χ4n) is 3.48. The second-order valence-corrected chi connectivity index (χ2v) is 9.48. The third-order valence-corrected chi connectivity index (χ3v) is 7.19. The summed E-state index contributed by atoms with van der Waals surface area (Å²) in [5.41, 5.74) is 9.65. The Hall–Kier alpha value is -4.07. The number of amides is 1. The summed E-state index contributed by atoms with van der Waals surface area (Å²) in [5, 5.41) is 5.58. The number of nitrogens with one attached hydrogen (secondary N) is 1. The van der Waals surface area contributed by atoms with Gasteiger partial charge in [0, 0.05) is 27.1 Å². The lowest BCUT2D eigenvalue weighted by Crippen LogP contribution is -2.12. The van der Waals surface area contributed by atoms with Gasteiger partial charge in [0.2, 0.25) is 0 Å². The molecule has 0 bridgehead atoms. The molecule has 0 atom stereocenters. The molecule has 1 amide bonds. The van der Waals surface area contributed by atoms with Crippen molar-refractivity contribution in [2.45, 2.75) is 0 Å². The highest BCUT2D eigenvalue weighted by atomic mass is 32.1. The monoisotopic (exact) mass is 481 g/mol. The zero-order valence-corrected chi connectivity index (χ0v) is 19.5. The largest absolute Gasteiger partial charge is 0.397 e. The van der Waals surface area contributed by atoms with Crippen LogP contribution in [-0.2, 0) is 0 Å². The van der Waals surface area contributed by atoms with E-state index >= 15 is 0 Å². The summed E-state index contributed by atoms with van der Waals surface area (Å²) in [4.78, 5) is 32.1. The molecule has 0 unspecified atom stereocenters. The van der Waals surface area contributed by atoms with Crippen LogP contribution in [0.4, 0.5) is 11.4 Å². The highest BCUT2D eigenvalue weighted by Crippen LogP contribution is 2.34. The number of carbonyl (C=O) groups excluding carboxylic acids is 2. The zero-order chi connectivity index (χ0) is 23.5. The normalized spacial score (nSPS) is 11.2. The third-order valence-electron chi connectivity index (χ3n) is 5.24. The Kier molecular flexibility index (Phi) is 6.03. The fraction of sp³-hybridized carbons (Fsp3) is 0. The average molecular weight is 482 g/mol. The van der Waals surface area contributed by atoms with Crippen molar-refractivity contribution in [2.24, 2.45) is 0 Å². The molecule has 0 aliphatic rings. The van der Waals surface area contributed by atoms with E-state index in [9.17, 15) is 9.59 Å². The number of ketones is 1. The number of hydrogen-bond donors (Lipinski definition) is 2. The van der Waals surface area contributed by atoms with E-state index in [1.165, 1.54) is 11.3 Å². The first-order chi connectivity index (χ1) is 16.6. The molecule has 0 fully saturated rings. The molecular formula is C27H19N3O2S2. The van der Waals surface area contributed by atoms with Gasteiger partial charge in [0.15, 0.2) is 5.78 Å². The van der Waals surface area contributed by atoms with Gasteiger partial charge in [0.25, 0.3) is 5.91 Å². The van der Waals surface area contributed by atoms with Crippen LogP contribution in [0.25, 0.3) is 27.6 Å². The molecule has 3 heterocycles. The van der Waals surface area contributed by atoms with Gasteiger partial charge in [-0.25, -0.2) is 4.98 Å². The Labute approximate surface area is 204 Å². The third kappa shape index (κ3) is 4.52. The molecule has 0 radical (unpaired) electrons. The Morgan fingerprint density at radius 3 is 2.44 bits per heavy atom. The number of pyridine rings is 1.